The van der Waals surface area contributed by atoms with Gasteiger partial charge in [-0.05, 0) is 18.8 Å². The molecule has 0 aliphatic carbocycles. The molecule has 178 valence electrons. The van der Waals surface area contributed by atoms with Gasteiger partial charge in [-0.1, -0.05) is 149 Å². The Morgan fingerprint density at radius 1 is 0.400 bits per heavy atom. The number of rotatable bonds is 23. The van der Waals surface area contributed by atoms with E-state index in [9.17, 15) is 0 Å². The van der Waals surface area contributed by atoms with Gasteiger partial charge in [0, 0.05) is 12.8 Å². The lowest BCUT2D eigenvalue weighted by atomic mass is 9.97. The Bertz CT molecular complexity index is 358. The van der Waals surface area contributed by atoms with Crippen LogP contribution in [0, 0.1) is 17.8 Å². The first-order valence-electron chi connectivity index (χ1n) is 14.3. The van der Waals surface area contributed by atoms with Crippen molar-refractivity contribution in [1.82, 2.24) is 0 Å². The van der Waals surface area contributed by atoms with E-state index in [0.717, 1.165) is 18.8 Å². The monoisotopic (exact) mass is 418 g/mol. The van der Waals surface area contributed by atoms with E-state index in [1.165, 1.54) is 141 Å². The van der Waals surface area contributed by atoms with Gasteiger partial charge in [0.1, 0.15) is 0 Å². The average molecular weight is 419 g/mol. The van der Waals surface area contributed by atoms with Crippen molar-refractivity contribution < 1.29 is 0 Å². The maximum atomic E-state index is 3.40. The molecule has 0 saturated heterocycles. The zero-order valence-electron chi connectivity index (χ0n) is 21.5. The molecule has 0 N–H and O–H groups in total. The summed E-state index contributed by atoms with van der Waals surface area (Å²) in [5, 5.41) is 0. The van der Waals surface area contributed by atoms with Crippen LogP contribution in [0.5, 0.6) is 0 Å². The van der Waals surface area contributed by atoms with Crippen LogP contribution in [0.1, 0.15) is 175 Å². The van der Waals surface area contributed by atoms with Crippen LogP contribution in [0.25, 0.3) is 0 Å². The minimum Gasteiger partial charge on any atom is -0.103 e. The molecular weight excluding hydrogens is 360 g/mol. The summed E-state index contributed by atoms with van der Waals surface area (Å²) in [7, 11) is 0. The number of hydrogen-bond donors (Lipinski definition) is 0. The molecule has 30 heavy (non-hydrogen) atoms. The molecule has 1 atom stereocenters. The standard InChI is InChI=1S/C30H58/c1-4-6-8-10-12-14-15-16-17-18-19-20-21-23-25-27-29-30(3)28-26-24-22-13-11-9-7-5-2/h30H,4-21,23,25-29H2,1-3H3. The van der Waals surface area contributed by atoms with Crippen LogP contribution in [0.15, 0.2) is 0 Å². The fourth-order valence-electron chi connectivity index (χ4n) is 4.32. The molecular formula is C30H58. The molecule has 0 fully saturated rings. The first kappa shape index (κ1) is 29.6. The molecule has 0 heterocycles. The minimum atomic E-state index is 0.867. The highest BCUT2D eigenvalue weighted by Gasteiger charge is 2.01. The van der Waals surface area contributed by atoms with Gasteiger partial charge in [0.25, 0.3) is 0 Å². The largest absolute Gasteiger partial charge is 0.103 e. The van der Waals surface area contributed by atoms with Crippen molar-refractivity contribution in [2.45, 2.75) is 175 Å². The molecule has 0 aliphatic heterocycles. The Hall–Kier alpha value is -0.440. The average Bonchev–Trinajstić information content (AvgIpc) is 2.75. The SMILES string of the molecule is CCCCCCC#CCCC(C)CCCCCCCCCCCCCCCCCC. The van der Waals surface area contributed by atoms with E-state index in [1.54, 1.807) is 0 Å². The Morgan fingerprint density at radius 2 is 0.767 bits per heavy atom. The maximum absolute atomic E-state index is 3.40. The Morgan fingerprint density at radius 3 is 1.23 bits per heavy atom. The highest BCUT2D eigenvalue weighted by atomic mass is 14.1. The first-order chi connectivity index (χ1) is 14.8. The second-order valence-electron chi connectivity index (χ2n) is 9.90. The molecule has 0 bridgehead atoms. The Labute approximate surface area is 192 Å². The van der Waals surface area contributed by atoms with Gasteiger partial charge in [0.05, 0.1) is 0 Å². The normalized spacial score (nSPS) is 12.0. The third kappa shape index (κ3) is 25.6. The molecule has 0 saturated carbocycles. The number of hydrogen-bond acceptors (Lipinski definition) is 0. The summed E-state index contributed by atoms with van der Waals surface area (Å²) in [6.07, 6.45) is 33.7. The topological polar surface area (TPSA) is 0 Å². The molecule has 0 amide bonds. The van der Waals surface area contributed by atoms with Crippen molar-refractivity contribution >= 4 is 0 Å². The minimum absolute atomic E-state index is 0.867. The molecule has 0 rings (SSSR count). The number of unbranched alkanes of at least 4 members (excludes halogenated alkanes) is 19. The van der Waals surface area contributed by atoms with Crippen LogP contribution in [-0.4, -0.2) is 0 Å². The first-order valence-corrected chi connectivity index (χ1v) is 14.3. The van der Waals surface area contributed by atoms with E-state index in [2.05, 4.69) is 32.6 Å². The maximum Gasteiger partial charge on any atom is 0.00912 e. The second-order valence-corrected chi connectivity index (χ2v) is 9.90. The van der Waals surface area contributed by atoms with E-state index in [1.807, 2.05) is 0 Å². The van der Waals surface area contributed by atoms with Crippen molar-refractivity contribution in [2.24, 2.45) is 5.92 Å². The van der Waals surface area contributed by atoms with Crippen LogP contribution < -0.4 is 0 Å². The quantitative estimate of drug-likeness (QED) is 0.114. The molecule has 0 aromatic carbocycles. The van der Waals surface area contributed by atoms with Crippen LogP contribution in [-0.2, 0) is 0 Å². The summed E-state index contributed by atoms with van der Waals surface area (Å²) in [5.74, 6) is 7.64. The second kappa shape index (κ2) is 26.6. The van der Waals surface area contributed by atoms with Gasteiger partial charge in [-0.25, -0.2) is 0 Å². The van der Waals surface area contributed by atoms with E-state index >= 15 is 0 Å². The van der Waals surface area contributed by atoms with Gasteiger partial charge in [-0.15, -0.1) is 11.8 Å². The zero-order valence-corrected chi connectivity index (χ0v) is 21.5. The predicted molar refractivity (Wildman–Crippen MR) is 139 cm³/mol. The van der Waals surface area contributed by atoms with Gasteiger partial charge < -0.3 is 0 Å². The van der Waals surface area contributed by atoms with E-state index in [0.29, 0.717) is 0 Å². The van der Waals surface area contributed by atoms with E-state index in [4.69, 9.17) is 0 Å². The highest BCUT2D eigenvalue weighted by Crippen LogP contribution is 2.17. The van der Waals surface area contributed by atoms with E-state index < -0.39 is 0 Å². The summed E-state index contributed by atoms with van der Waals surface area (Å²) >= 11 is 0. The predicted octanol–water partition coefficient (Wildman–Crippen LogP) is 11.0. The lowest BCUT2D eigenvalue weighted by Gasteiger charge is -2.09. The highest BCUT2D eigenvalue weighted by molar-refractivity contribution is 4.98. The molecule has 0 radical (unpaired) electrons. The van der Waals surface area contributed by atoms with Gasteiger partial charge in [0.2, 0.25) is 0 Å². The molecule has 0 heteroatoms. The summed E-state index contributed by atoms with van der Waals surface area (Å²) in [5.41, 5.74) is 0. The van der Waals surface area contributed by atoms with Crippen molar-refractivity contribution in [1.29, 1.82) is 0 Å². The van der Waals surface area contributed by atoms with Crippen molar-refractivity contribution in [3.8, 4) is 11.8 Å². The Balaban J connectivity index is 3.18. The van der Waals surface area contributed by atoms with Crippen LogP contribution in [0.4, 0.5) is 0 Å². The van der Waals surface area contributed by atoms with Crippen LogP contribution >= 0.6 is 0 Å². The van der Waals surface area contributed by atoms with Crippen molar-refractivity contribution in [2.75, 3.05) is 0 Å². The summed E-state index contributed by atoms with van der Waals surface area (Å²) in [6.45, 7) is 7.00. The molecule has 1 unspecified atom stereocenters. The molecule has 0 nitrogen and oxygen atoms in total. The van der Waals surface area contributed by atoms with Gasteiger partial charge >= 0.3 is 0 Å². The Kier molecular flexibility index (Phi) is 26.2. The van der Waals surface area contributed by atoms with Gasteiger partial charge in [-0.2, -0.15) is 0 Å². The fourth-order valence-corrected chi connectivity index (χ4v) is 4.32. The zero-order chi connectivity index (χ0) is 22.0. The summed E-state index contributed by atoms with van der Waals surface area (Å²) in [4.78, 5) is 0. The fraction of sp³-hybridized carbons (Fsp3) is 0.933. The third-order valence-corrected chi connectivity index (χ3v) is 6.59. The smallest absolute Gasteiger partial charge is 0.00912 e. The lowest BCUT2D eigenvalue weighted by Crippen LogP contribution is -1.94. The third-order valence-electron chi connectivity index (χ3n) is 6.59. The molecule has 0 aromatic heterocycles. The molecule has 0 aromatic rings. The van der Waals surface area contributed by atoms with E-state index in [-0.39, 0.29) is 0 Å². The van der Waals surface area contributed by atoms with Crippen LogP contribution in [0.3, 0.4) is 0 Å². The van der Waals surface area contributed by atoms with Gasteiger partial charge in [0.15, 0.2) is 0 Å². The van der Waals surface area contributed by atoms with Gasteiger partial charge in [-0.3, -0.25) is 0 Å². The lowest BCUT2D eigenvalue weighted by molar-refractivity contribution is 0.458. The summed E-state index contributed by atoms with van der Waals surface area (Å²) < 4.78 is 0. The summed E-state index contributed by atoms with van der Waals surface area (Å²) in [6, 6.07) is 0. The van der Waals surface area contributed by atoms with Crippen LogP contribution in [0.2, 0.25) is 0 Å². The van der Waals surface area contributed by atoms with Crippen molar-refractivity contribution in [3.05, 3.63) is 0 Å². The van der Waals surface area contributed by atoms with Crippen molar-refractivity contribution in [3.63, 3.8) is 0 Å². The molecule has 0 aliphatic rings. The molecule has 0 spiro atoms.